The van der Waals surface area contributed by atoms with Crippen LogP contribution in [0.15, 0.2) is 54.6 Å². The molecule has 0 saturated carbocycles. The summed E-state index contributed by atoms with van der Waals surface area (Å²) < 4.78 is 0. The first-order chi connectivity index (χ1) is 10.8. The molecule has 1 heterocycles. The van der Waals surface area contributed by atoms with Gasteiger partial charge in [0.05, 0.1) is 0 Å². The Morgan fingerprint density at radius 2 is 1.50 bits per heavy atom. The summed E-state index contributed by atoms with van der Waals surface area (Å²) in [6.07, 6.45) is 0.847. The van der Waals surface area contributed by atoms with E-state index in [0.29, 0.717) is 18.7 Å². The van der Waals surface area contributed by atoms with Gasteiger partial charge in [0.15, 0.2) is 0 Å². The maximum Gasteiger partial charge on any atom is 0.253 e. The number of nitrogens with zero attached hydrogens (tertiary/aromatic N) is 2. The summed E-state index contributed by atoms with van der Waals surface area (Å²) in [5, 5.41) is 0. The molecule has 0 aromatic heterocycles. The molecule has 112 valence electrons. The first-order valence-electron chi connectivity index (χ1n) is 7.42. The van der Waals surface area contributed by atoms with Crippen molar-refractivity contribution in [2.45, 2.75) is 0 Å². The number of rotatable bonds is 3. The Kier molecular flexibility index (Phi) is 4.19. The van der Waals surface area contributed by atoms with Crippen molar-refractivity contribution in [3.63, 3.8) is 0 Å². The van der Waals surface area contributed by atoms with E-state index in [1.165, 1.54) is 0 Å². The highest BCUT2D eigenvalue weighted by Crippen LogP contribution is 2.17. The zero-order valence-electron chi connectivity index (χ0n) is 12.3. The van der Waals surface area contributed by atoms with Gasteiger partial charge in [-0.2, -0.15) is 0 Å². The largest absolute Gasteiger partial charge is 0.368 e. The van der Waals surface area contributed by atoms with E-state index in [4.69, 9.17) is 0 Å². The summed E-state index contributed by atoms with van der Waals surface area (Å²) >= 11 is 0. The van der Waals surface area contributed by atoms with E-state index in [9.17, 15) is 9.59 Å². The van der Waals surface area contributed by atoms with Gasteiger partial charge in [0.25, 0.3) is 5.91 Å². The SMILES string of the molecule is O=Cc1ccc(N2CCN(C(=O)c3ccccc3)CC2)cc1. The van der Waals surface area contributed by atoms with E-state index in [2.05, 4.69) is 4.90 Å². The highest BCUT2D eigenvalue weighted by Gasteiger charge is 2.22. The van der Waals surface area contributed by atoms with E-state index in [1.54, 1.807) is 0 Å². The van der Waals surface area contributed by atoms with Gasteiger partial charge < -0.3 is 9.80 Å². The maximum atomic E-state index is 12.4. The van der Waals surface area contributed by atoms with Gasteiger partial charge in [-0.3, -0.25) is 9.59 Å². The van der Waals surface area contributed by atoms with E-state index < -0.39 is 0 Å². The highest BCUT2D eigenvalue weighted by molar-refractivity contribution is 5.94. The number of benzene rings is 2. The second kappa shape index (κ2) is 6.43. The number of amides is 1. The number of piperazine rings is 1. The molecule has 4 nitrogen and oxygen atoms in total. The number of hydrogen-bond acceptors (Lipinski definition) is 3. The number of aldehydes is 1. The van der Waals surface area contributed by atoms with Gasteiger partial charge in [-0.25, -0.2) is 0 Å². The van der Waals surface area contributed by atoms with Crippen LogP contribution in [0, 0.1) is 0 Å². The third-order valence-electron chi connectivity index (χ3n) is 3.98. The standard InChI is InChI=1S/C18H18N2O2/c21-14-15-6-8-17(9-7-15)19-10-12-20(13-11-19)18(22)16-4-2-1-3-5-16/h1-9,14H,10-13H2. The number of anilines is 1. The summed E-state index contributed by atoms with van der Waals surface area (Å²) in [5.74, 6) is 0.0940. The molecule has 22 heavy (non-hydrogen) atoms. The van der Waals surface area contributed by atoms with Crippen LogP contribution in [0.5, 0.6) is 0 Å². The normalized spacial score (nSPS) is 14.7. The van der Waals surface area contributed by atoms with Crippen LogP contribution in [-0.4, -0.2) is 43.3 Å². The summed E-state index contributed by atoms with van der Waals surface area (Å²) in [6, 6.07) is 17.0. The van der Waals surface area contributed by atoms with Crippen LogP contribution in [0.2, 0.25) is 0 Å². The van der Waals surface area contributed by atoms with Gasteiger partial charge in [0, 0.05) is 43.0 Å². The molecule has 1 saturated heterocycles. The molecule has 1 fully saturated rings. The first-order valence-corrected chi connectivity index (χ1v) is 7.42. The molecule has 0 radical (unpaired) electrons. The Hall–Kier alpha value is -2.62. The fourth-order valence-corrected chi connectivity index (χ4v) is 2.69. The summed E-state index contributed by atoms with van der Waals surface area (Å²) in [6.45, 7) is 3.03. The Balaban J connectivity index is 1.62. The third-order valence-corrected chi connectivity index (χ3v) is 3.98. The van der Waals surface area contributed by atoms with Gasteiger partial charge in [-0.15, -0.1) is 0 Å². The summed E-state index contributed by atoms with van der Waals surface area (Å²) in [5.41, 5.74) is 2.52. The van der Waals surface area contributed by atoms with Gasteiger partial charge in [0.2, 0.25) is 0 Å². The molecule has 4 heteroatoms. The Bertz CT molecular complexity index is 645. The van der Waals surface area contributed by atoms with Crippen LogP contribution < -0.4 is 4.90 Å². The van der Waals surface area contributed by atoms with E-state index in [-0.39, 0.29) is 5.91 Å². The van der Waals surface area contributed by atoms with Crippen molar-refractivity contribution >= 4 is 17.9 Å². The zero-order valence-corrected chi connectivity index (χ0v) is 12.3. The molecule has 0 bridgehead atoms. The van der Waals surface area contributed by atoms with Crippen molar-refractivity contribution in [1.29, 1.82) is 0 Å². The van der Waals surface area contributed by atoms with Gasteiger partial charge >= 0.3 is 0 Å². The molecule has 3 rings (SSSR count). The molecular formula is C18H18N2O2. The van der Waals surface area contributed by atoms with Gasteiger partial charge in [-0.05, 0) is 36.4 Å². The fourth-order valence-electron chi connectivity index (χ4n) is 2.69. The molecule has 0 spiro atoms. The van der Waals surface area contributed by atoms with E-state index in [0.717, 1.165) is 30.6 Å². The van der Waals surface area contributed by atoms with Crippen molar-refractivity contribution in [2.75, 3.05) is 31.1 Å². The zero-order chi connectivity index (χ0) is 15.4. The van der Waals surface area contributed by atoms with Crippen LogP contribution in [0.3, 0.4) is 0 Å². The molecule has 1 amide bonds. The number of carbonyl (C=O) groups is 2. The lowest BCUT2D eigenvalue weighted by Gasteiger charge is -2.36. The molecule has 1 aliphatic heterocycles. The molecule has 1 aliphatic rings. The van der Waals surface area contributed by atoms with Crippen LogP contribution in [-0.2, 0) is 0 Å². The van der Waals surface area contributed by atoms with Crippen LogP contribution in [0.1, 0.15) is 20.7 Å². The van der Waals surface area contributed by atoms with Gasteiger partial charge in [0.1, 0.15) is 6.29 Å². The molecule has 0 atom stereocenters. The lowest BCUT2D eigenvalue weighted by molar-refractivity contribution is 0.0746. The fraction of sp³-hybridized carbons (Fsp3) is 0.222. The van der Waals surface area contributed by atoms with Crippen molar-refractivity contribution in [1.82, 2.24) is 4.90 Å². The van der Waals surface area contributed by atoms with Crippen molar-refractivity contribution < 1.29 is 9.59 Å². The minimum atomic E-state index is 0.0940. The number of hydrogen-bond donors (Lipinski definition) is 0. The summed E-state index contributed by atoms with van der Waals surface area (Å²) in [4.78, 5) is 27.2. The Labute approximate surface area is 130 Å². The second-order valence-corrected chi connectivity index (χ2v) is 5.35. The van der Waals surface area contributed by atoms with Crippen LogP contribution in [0.25, 0.3) is 0 Å². The highest BCUT2D eigenvalue weighted by atomic mass is 16.2. The van der Waals surface area contributed by atoms with E-state index in [1.807, 2.05) is 59.5 Å². The predicted molar refractivity (Wildman–Crippen MR) is 86.4 cm³/mol. The smallest absolute Gasteiger partial charge is 0.253 e. The summed E-state index contributed by atoms with van der Waals surface area (Å²) in [7, 11) is 0. The molecular weight excluding hydrogens is 276 g/mol. The molecule has 0 N–H and O–H groups in total. The van der Waals surface area contributed by atoms with Crippen molar-refractivity contribution in [3.05, 3.63) is 65.7 Å². The Morgan fingerprint density at radius 3 is 2.09 bits per heavy atom. The molecule has 0 unspecified atom stereocenters. The monoisotopic (exact) mass is 294 g/mol. The maximum absolute atomic E-state index is 12.4. The lowest BCUT2D eigenvalue weighted by atomic mass is 10.1. The second-order valence-electron chi connectivity index (χ2n) is 5.35. The minimum absolute atomic E-state index is 0.0940. The van der Waals surface area contributed by atoms with Crippen LogP contribution in [0.4, 0.5) is 5.69 Å². The lowest BCUT2D eigenvalue weighted by Crippen LogP contribution is -2.48. The molecule has 0 aliphatic carbocycles. The molecule has 2 aromatic rings. The van der Waals surface area contributed by atoms with Crippen LogP contribution >= 0.6 is 0 Å². The Morgan fingerprint density at radius 1 is 0.864 bits per heavy atom. The third kappa shape index (κ3) is 3.01. The minimum Gasteiger partial charge on any atom is -0.368 e. The first kappa shape index (κ1) is 14.3. The van der Waals surface area contributed by atoms with Crippen molar-refractivity contribution in [3.8, 4) is 0 Å². The molecule has 2 aromatic carbocycles. The van der Waals surface area contributed by atoms with E-state index >= 15 is 0 Å². The topological polar surface area (TPSA) is 40.6 Å². The quantitative estimate of drug-likeness (QED) is 0.817. The van der Waals surface area contributed by atoms with Crippen molar-refractivity contribution in [2.24, 2.45) is 0 Å². The average molecular weight is 294 g/mol. The predicted octanol–water partition coefficient (Wildman–Crippen LogP) is 2.46. The van der Waals surface area contributed by atoms with Gasteiger partial charge in [-0.1, -0.05) is 18.2 Å². The number of carbonyl (C=O) groups excluding carboxylic acids is 2. The average Bonchev–Trinajstić information content (AvgIpc) is 2.62.